The number of likely N-dealkylation sites (tertiary alicyclic amines) is 1. The highest BCUT2D eigenvalue weighted by molar-refractivity contribution is 14.0. The lowest BCUT2D eigenvalue weighted by molar-refractivity contribution is 0.203. The second kappa shape index (κ2) is 11.4. The third-order valence-electron chi connectivity index (χ3n) is 7.33. The number of thioether (sulfide) groups is 1. The number of nitrogens with zero attached hydrogens (tertiary/aromatic N) is 5. The van der Waals surface area contributed by atoms with Crippen molar-refractivity contribution in [3.05, 3.63) is 5.82 Å². The van der Waals surface area contributed by atoms with Crippen LogP contribution in [0.3, 0.4) is 0 Å². The van der Waals surface area contributed by atoms with Crippen LogP contribution in [0.4, 0.5) is 0 Å². The van der Waals surface area contributed by atoms with E-state index in [1.54, 1.807) is 11.8 Å². The quantitative estimate of drug-likeness (QED) is 0.181. The Hall–Kier alpha value is -0.510. The molecule has 8 heteroatoms. The molecule has 1 aromatic heterocycles. The first-order chi connectivity index (χ1) is 14.2. The molecule has 3 fully saturated rings. The minimum Gasteiger partial charge on any atom is -0.356 e. The average Bonchev–Trinajstić information content (AvgIpc) is 3.49. The van der Waals surface area contributed by atoms with Gasteiger partial charge >= 0.3 is 0 Å². The monoisotopic (exact) mass is 546 g/mol. The fraction of sp³-hybridized carbons (Fsp3) is 0.864. The second-order valence-electron chi connectivity index (χ2n) is 9.22. The summed E-state index contributed by atoms with van der Waals surface area (Å²) < 4.78 is 2.43. The van der Waals surface area contributed by atoms with E-state index in [1.165, 1.54) is 76.6 Å². The SMILES string of the molecule is CN=C(NCCCc1nnc(SC)n1C1CCCC1)N1CCC2(CCCCC2)C1.I. The molecule has 3 aliphatic rings. The summed E-state index contributed by atoms with van der Waals surface area (Å²) in [5, 5.41) is 13.7. The third-order valence-corrected chi connectivity index (χ3v) is 7.98. The van der Waals surface area contributed by atoms with E-state index in [-0.39, 0.29) is 24.0 Å². The summed E-state index contributed by atoms with van der Waals surface area (Å²) in [4.78, 5) is 7.08. The molecule has 1 N–H and O–H groups in total. The first kappa shape index (κ1) is 24.1. The summed E-state index contributed by atoms with van der Waals surface area (Å²) in [6.45, 7) is 3.30. The lowest BCUT2D eigenvalue weighted by Crippen LogP contribution is -2.42. The van der Waals surface area contributed by atoms with Crippen molar-refractivity contribution < 1.29 is 0 Å². The molecule has 0 atom stereocenters. The molecule has 1 spiro atoms. The zero-order valence-electron chi connectivity index (χ0n) is 18.7. The minimum atomic E-state index is 0. The highest BCUT2D eigenvalue weighted by atomic mass is 127. The van der Waals surface area contributed by atoms with Crippen molar-refractivity contribution in [3.8, 4) is 0 Å². The van der Waals surface area contributed by atoms with Gasteiger partial charge in [-0.05, 0) is 50.2 Å². The first-order valence-electron chi connectivity index (χ1n) is 11.7. The molecule has 1 aromatic rings. The van der Waals surface area contributed by atoms with Crippen molar-refractivity contribution in [1.29, 1.82) is 0 Å². The first-order valence-corrected chi connectivity index (χ1v) is 12.9. The molecule has 0 aromatic carbocycles. The van der Waals surface area contributed by atoms with Gasteiger partial charge in [0, 0.05) is 39.1 Å². The maximum Gasteiger partial charge on any atom is 0.193 e. The van der Waals surface area contributed by atoms with Crippen LogP contribution in [0.2, 0.25) is 0 Å². The van der Waals surface area contributed by atoms with Gasteiger partial charge in [0.05, 0.1) is 0 Å². The lowest BCUT2D eigenvalue weighted by atomic mass is 9.73. The molecule has 2 saturated carbocycles. The third kappa shape index (κ3) is 5.45. The van der Waals surface area contributed by atoms with Crippen LogP contribution in [0, 0.1) is 5.41 Å². The van der Waals surface area contributed by atoms with E-state index >= 15 is 0 Å². The smallest absolute Gasteiger partial charge is 0.193 e. The normalized spacial score (nSPS) is 21.9. The Morgan fingerprint density at radius 2 is 1.90 bits per heavy atom. The van der Waals surface area contributed by atoms with Gasteiger partial charge < -0.3 is 14.8 Å². The van der Waals surface area contributed by atoms with Crippen LogP contribution < -0.4 is 5.32 Å². The van der Waals surface area contributed by atoms with Crippen LogP contribution in [0.25, 0.3) is 0 Å². The van der Waals surface area contributed by atoms with E-state index in [0.717, 1.165) is 37.0 Å². The molecule has 0 unspecified atom stereocenters. The second-order valence-corrected chi connectivity index (χ2v) is 9.99. The highest BCUT2D eigenvalue weighted by Crippen LogP contribution is 2.43. The number of aliphatic imine (C=N–C) groups is 1. The summed E-state index contributed by atoms with van der Waals surface area (Å²) in [6, 6.07) is 0.611. The predicted octanol–water partition coefficient (Wildman–Crippen LogP) is 4.90. The topological polar surface area (TPSA) is 58.3 Å². The number of halogens is 1. The molecule has 30 heavy (non-hydrogen) atoms. The maximum atomic E-state index is 4.59. The molecule has 2 heterocycles. The minimum absolute atomic E-state index is 0. The van der Waals surface area contributed by atoms with Gasteiger partial charge in [0.25, 0.3) is 0 Å². The van der Waals surface area contributed by atoms with Crippen molar-refractivity contribution in [2.45, 2.75) is 88.2 Å². The van der Waals surface area contributed by atoms with Gasteiger partial charge in [-0.1, -0.05) is 43.9 Å². The zero-order valence-corrected chi connectivity index (χ0v) is 21.9. The van der Waals surface area contributed by atoms with E-state index in [2.05, 4.69) is 36.2 Å². The van der Waals surface area contributed by atoms with Crippen molar-refractivity contribution in [2.24, 2.45) is 10.4 Å². The van der Waals surface area contributed by atoms with Gasteiger partial charge in [-0.25, -0.2) is 0 Å². The van der Waals surface area contributed by atoms with Crippen LogP contribution in [-0.2, 0) is 6.42 Å². The van der Waals surface area contributed by atoms with Crippen molar-refractivity contribution in [2.75, 3.05) is 32.9 Å². The summed E-state index contributed by atoms with van der Waals surface area (Å²) >= 11 is 1.73. The van der Waals surface area contributed by atoms with Gasteiger partial charge in [0.1, 0.15) is 5.82 Å². The molecule has 0 amide bonds. The maximum absolute atomic E-state index is 4.59. The molecule has 0 radical (unpaired) electrons. The standard InChI is InChI=1S/C22H38N6S.HI/c1-23-20(27-16-14-22(17-27)12-6-3-7-13-22)24-15-8-11-19-25-26-21(29-2)28(19)18-9-4-5-10-18;/h18H,3-17H2,1-2H3,(H,23,24);1H. The van der Waals surface area contributed by atoms with E-state index in [0.29, 0.717) is 11.5 Å². The summed E-state index contributed by atoms with van der Waals surface area (Å²) in [5.74, 6) is 2.26. The van der Waals surface area contributed by atoms with E-state index < -0.39 is 0 Å². The van der Waals surface area contributed by atoms with Gasteiger partial charge in [-0.2, -0.15) is 0 Å². The van der Waals surface area contributed by atoms with Crippen LogP contribution in [0.15, 0.2) is 10.1 Å². The molecular formula is C22H39IN6S. The fourth-order valence-corrected chi connectivity index (χ4v) is 6.32. The summed E-state index contributed by atoms with van der Waals surface area (Å²) in [6.07, 6.45) is 17.8. The average molecular weight is 547 g/mol. The summed E-state index contributed by atoms with van der Waals surface area (Å²) in [5.41, 5.74) is 0.571. The molecule has 0 bridgehead atoms. The van der Waals surface area contributed by atoms with E-state index in [1.807, 2.05) is 7.05 Å². The van der Waals surface area contributed by atoms with Crippen LogP contribution >= 0.6 is 35.7 Å². The van der Waals surface area contributed by atoms with Gasteiger partial charge in [0.15, 0.2) is 11.1 Å². The van der Waals surface area contributed by atoms with Gasteiger partial charge in [-0.15, -0.1) is 34.2 Å². The van der Waals surface area contributed by atoms with Gasteiger partial charge in [0.2, 0.25) is 0 Å². The zero-order chi connectivity index (χ0) is 20.1. The number of hydrogen-bond acceptors (Lipinski definition) is 4. The molecule has 2 aliphatic carbocycles. The number of hydrogen-bond donors (Lipinski definition) is 1. The largest absolute Gasteiger partial charge is 0.356 e. The Kier molecular flexibility index (Phi) is 9.16. The lowest BCUT2D eigenvalue weighted by Gasteiger charge is -2.33. The Morgan fingerprint density at radius 3 is 2.60 bits per heavy atom. The Balaban J connectivity index is 0.00000256. The van der Waals surface area contributed by atoms with E-state index in [4.69, 9.17) is 0 Å². The highest BCUT2D eigenvalue weighted by Gasteiger charge is 2.39. The number of aromatic nitrogens is 3. The molecule has 1 saturated heterocycles. The number of aryl methyl sites for hydroxylation is 1. The summed E-state index contributed by atoms with van der Waals surface area (Å²) in [7, 11) is 1.93. The number of guanidine groups is 1. The van der Waals surface area contributed by atoms with Crippen LogP contribution in [0.1, 0.15) is 82.5 Å². The Morgan fingerprint density at radius 1 is 1.13 bits per heavy atom. The van der Waals surface area contributed by atoms with Gasteiger partial charge in [-0.3, -0.25) is 4.99 Å². The molecule has 6 nitrogen and oxygen atoms in total. The van der Waals surface area contributed by atoms with Crippen molar-refractivity contribution in [1.82, 2.24) is 25.0 Å². The molecule has 1 aliphatic heterocycles. The Bertz CT molecular complexity index is 694. The molecule has 4 rings (SSSR count). The molecular weight excluding hydrogens is 507 g/mol. The Labute approximate surface area is 203 Å². The van der Waals surface area contributed by atoms with Crippen molar-refractivity contribution in [3.63, 3.8) is 0 Å². The van der Waals surface area contributed by atoms with Crippen LogP contribution in [-0.4, -0.2) is 58.6 Å². The molecule has 170 valence electrons. The number of nitrogens with one attached hydrogen (secondary N) is 1. The fourth-order valence-electron chi connectivity index (χ4n) is 5.75. The predicted molar refractivity (Wildman–Crippen MR) is 136 cm³/mol. The van der Waals surface area contributed by atoms with E-state index in [9.17, 15) is 0 Å². The van der Waals surface area contributed by atoms with Crippen molar-refractivity contribution >= 4 is 41.7 Å². The van der Waals surface area contributed by atoms with Crippen LogP contribution in [0.5, 0.6) is 0 Å². The number of rotatable bonds is 6.